The first-order chi connectivity index (χ1) is 11.9. The molecule has 0 aliphatic rings. The maximum atomic E-state index is 13.1. The molecule has 1 amide bonds. The van der Waals surface area contributed by atoms with Crippen molar-refractivity contribution in [3.05, 3.63) is 62.8 Å². The molecule has 130 valence electrons. The van der Waals surface area contributed by atoms with Crippen molar-refractivity contribution in [1.29, 1.82) is 0 Å². The van der Waals surface area contributed by atoms with E-state index in [9.17, 15) is 14.0 Å². The monoisotopic (exact) mass is 359 g/mol. The predicted octanol–water partition coefficient (Wildman–Crippen LogP) is 3.32. The number of fused-ring (bicyclic) bond motifs is 1. The van der Waals surface area contributed by atoms with Crippen molar-refractivity contribution >= 4 is 27.5 Å². The normalized spacial score (nSPS) is 12.3. The van der Waals surface area contributed by atoms with Gasteiger partial charge in [-0.2, -0.15) is 0 Å². The van der Waals surface area contributed by atoms with E-state index in [-0.39, 0.29) is 23.3 Å². The molecule has 0 spiro atoms. The van der Waals surface area contributed by atoms with Gasteiger partial charge in [-0.15, -0.1) is 11.3 Å². The Morgan fingerprint density at radius 2 is 2.04 bits per heavy atom. The van der Waals surface area contributed by atoms with Crippen LogP contribution < -0.4 is 10.9 Å². The number of rotatable bonds is 4. The zero-order valence-corrected chi connectivity index (χ0v) is 15.0. The van der Waals surface area contributed by atoms with Gasteiger partial charge in [0.2, 0.25) is 0 Å². The quantitative estimate of drug-likeness (QED) is 0.777. The van der Waals surface area contributed by atoms with Gasteiger partial charge in [0, 0.05) is 7.05 Å². The topological polar surface area (TPSA) is 64.0 Å². The molecule has 0 aliphatic heterocycles. The number of carbonyl (C=O) groups excluding carboxylic acids is 1. The Labute approximate surface area is 148 Å². The number of thiophene rings is 1. The lowest BCUT2D eigenvalue weighted by Crippen LogP contribution is -2.28. The minimum Gasteiger partial charge on any atom is -0.345 e. The first kappa shape index (κ1) is 17.3. The van der Waals surface area contributed by atoms with E-state index in [1.165, 1.54) is 34.4 Å². The average Bonchev–Trinajstić information content (AvgIpc) is 2.94. The molecule has 0 fully saturated rings. The highest BCUT2D eigenvalue weighted by molar-refractivity contribution is 7.20. The summed E-state index contributed by atoms with van der Waals surface area (Å²) in [5, 5.41) is 3.45. The third kappa shape index (κ3) is 3.19. The number of hydrogen-bond donors (Lipinski definition) is 1. The van der Waals surface area contributed by atoms with E-state index in [2.05, 4.69) is 10.3 Å². The molecule has 0 radical (unpaired) electrons. The molecule has 0 saturated carbocycles. The summed E-state index contributed by atoms with van der Waals surface area (Å²) in [6, 6.07) is 5.86. The molecule has 3 aromatic rings. The average molecular weight is 359 g/mol. The SMILES string of the molecule is CCC(NC(=O)c1sc2ncn(C)c(=O)c2c1C)c1ccc(F)cc1. The highest BCUT2D eigenvalue weighted by Crippen LogP contribution is 2.27. The highest BCUT2D eigenvalue weighted by atomic mass is 32.1. The summed E-state index contributed by atoms with van der Waals surface area (Å²) in [7, 11) is 1.63. The second-order valence-corrected chi connectivity index (χ2v) is 6.88. The van der Waals surface area contributed by atoms with Crippen molar-refractivity contribution in [2.45, 2.75) is 26.3 Å². The van der Waals surface area contributed by atoms with Gasteiger partial charge in [-0.3, -0.25) is 9.59 Å². The maximum Gasteiger partial charge on any atom is 0.262 e. The van der Waals surface area contributed by atoms with Crippen molar-refractivity contribution in [3.8, 4) is 0 Å². The van der Waals surface area contributed by atoms with Crippen molar-refractivity contribution in [2.75, 3.05) is 0 Å². The second-order valence-electron chi connectivity index (χ2n) is 5.88. The lowest BCUT2D eigenvalue weighted by Gasteiger charge is -2.17. The van der Waals surface area contributed by atoms with Crippen LogP contribution in [0.2, 0.25) is 0 Å². The van der Waals surface area contributed by atoms with Crippen LogP contribution >= 0.6 is 11.3 Å². The van der Waals surface area contributed by atoms with Crippen LogP contribution in [0.3, 0.4) is 0 Å². The van der Waals surface area contributed by atoms with E-state index in [1.807, 2.05) is 6.92 Å². The molecule has 1 atom stereocenters. The standard InChI is InChI=1S/C18H18FN3O2S/c1-4-13(11-5-7-12(19)8-6-11)21-16(23)15-10(2)14-17(25-15)20-9-22(3)18(14)24/h5-9,13H,4H2,1-3H3,(H,21,23). The van der Waals surface area contributed by atoms with Crippen LogP contribution in [0, 0.1) is 12.7 Å². The Bertz CT molecular complexity index is 992. The minimum atomic E-state index is -0.313. The predicted molar refractivity (Wildman–Crippen MR) is 96.5 cm³/mol. The Balaban J connectivity index is 1.94. The van der Waals surface area contributed by atoms with Gasteiger partial charge in [-0.1, -0.05) is 19.1 Å². The third-order valence-corrected chi connectivity index (χ3v) is 5.40. The lowest BCUT2D eigenvalue weighted by molar-refractivity contribution is 0.0939. The van der Waals surface area contributed by atoms with E-state index in [0.717, 1.165) is 5.56 Å². The number of aromatic nitrogens is 2. The van der Waals surface area contributed by atoms with Crippen LogP contribution in [-0.4, -0.2) is 15.5 Å². The van der Waals surface area contributed by atoms with Crippen LogP contribution in [0.25, 0.3) is 10.2 Å². The van der Waals surface area contributed by atoms with E-state index < -0.39 is 0 Å². The smallest absolute Gasteiger partial charge is 0.262 e. The van der Waals surface area contributed by atoms with Crippen molar-refractivity contribution < 1.29 is 9.18 Å². The summed E-state index contributed by atoms with van der Waals surface area (Å²) < 4.78 is 14.5. The number of benzene rings is 1. The van der Waals surface area contributed by atoms with Gasteiger partial charge >= 0.3 is 0 Å². The highest BCUT2D eigenvalue weighted by Gasteiger charge is 2.21. The molecule has 3 rings (SSSR count). The minimum absolute atomic E-state index is 0.164. The first-order valence-corrected chi connectivity index (χ1v) is 8.75. The van der Waals surface area contributed by atoms with E-state index in [1.54, 1.807) is 26.1 Å². The number of carbonyl (C=O) groups is 1. The second kappa shape index (κ2) is 6.76. The number of nitrogens with zero attached hydrogens (tertiary/aromatic N) is 2. The number of nitrogens with one attached hydrogen (secondary N) is 1. The summed E-state index contributed by atoms with van der Waals surface area (Å²) in [6.07, 6.45) is 2.12. The lowest BCUT2D eigenvalue weighted by atomic mass is 10.0. The van der Waals surface area contributed by atoms with Gasteiger partial charge in [0.1, 0.15) is 10.6 Å². The number of amides is 1. The van der Waals surface area contributed by atoms with Crippen LogP contribution in [-0.2, 0) is 7.05 Å². The molecular formula is C18H18FN3O2S. The molecule has 0 bridgehead atoms. The fraction of sp³-hybridized carbons (Fsp3) is 0.278. The fourth-order valence-corrected chi connectivity index (χ4v) is 3.81. The molecule has 1 aromatic carbocycles. The number of hydrogen-bond acceptors (Lipinski definition) is 4. The van der Waals surface area contributed by atoms with Crippen molar-refractivity contribution in [3.63, 3.8) is 0 Å². The summed E-state index contributed by atoms with van der Waals surface area (Å²) in [5.74, 6) is -0.564. The molecule has 1 unspecified atom stereocenters. The molecular weight excluding hydrogens is 341 g/mol. The van der Waals surface area contributed by atoms with Gasteiger partial charge < -0.3 is 9.88 Å². The van der Waals surface area contributed by atoms with Gasteiger partial charge in [-0.05, 0) is 36.6 Å². The van der Waals surface area contributed by atoms with E-state index in [4.69, 9.17) is 0 Å². The number of aryl methyl sites for hydroxylation is 2. The molecule has 5 nitrogen and oxygen atoms in total. The summed E-state index contributed by atoms with van der Waals surface area (Å²) in [5.41, 5.74) is 1.31. The van der Waals surface area contributed by atoms with Gasteiger partial charge in [-0.25, -0.2) is 9.37 Å². The molecule has 2 aromatic heterocycles. The Hall–Kier alpha value is -2.54. The van der Waals surface area contributed by atoms with E-state index in [0.29, 0.717) is 27.1 Å². The van der Waals surface area contributed by atoms with Crippen LogP contribution in [0.4, 0.5) is 4.39 Å². The fourth-order valence-electron chi connectivity index (χ4n) is 2.77. The first-order valence-electron chi connectivity index (χ1n) is 7.93. The van der Waals surface area contributed by atoms with Gasteiger partial charge in [0.05, 0.1) is 22.6 Å². The van der Waals surface area contributed by atoms with Crippen molar-refractivity contribution in [1.82, 2.24) is 14.9 Å². The Kier molecular flexibility index (Phi) is 4.67. The van der Waals surface area contributed by atoms with Gasteiger partial charge in [0.15, 0.2) is 0 Å². The molecule has 7 heteroatoms. The molecule has 0 aliphatic carbocycles. The van der Waals surface area contributed by atoms with Crippen LogP contribution in [0.5, 0.6) is 0 Å². The van der Waals surface area contributed by atoms with Gasteiger partial charge in [0.25, 0.3) is 11.5 Å². The third-order valence-electron chi connectivity index (χ3n) is 4.20. The van der Waals surface area contributed by atoms with E-state index >= 15 is 0 Å². The molecule has 25 heavy (non-hydrogen) atoms. The Morgan fingerprint density at radius 1 is 1.36 bits per heavy atom. The van der Waals surface area contributed by atoms with Crippen molar-refractivity contribution in [2.24, 2.45) is 7.05 Å². The summed E-state index contributed by atoms with van der Waals surface area (Å²) >= 11 is 1.21. The zero-order valence-electron chi connectivity index (χ0n) is 14.2. The molecule has 0 saturated heterocycles. The van der Waals surface area contributed by atoms with Crippen LogP contribution in [0.15, 0.2) is 35.4 Å². The largest absolute Gasteiger partial charge is 0.345 e. The van der Waals surface area contributed by atoms with Crippen LogP contribution in [0.1, 0.15) is 40.2 Å². The number of halogens is 1. The summed E-state index contributed by atoms with van der Waals surface area (Å²) in [6.45, 7) is 3.71. The maximum absolute atomic E-state index is 13.1. The molecule has 1 N–H and O–H groups in total. The summed E-state index contributed by atoms with van der Waals surface area (Å²) in [4.78, 5) is 30.3. The molecule has 2 heterocycles. The zero-order chi connectivity index (χ0) is 18.1. The Morgan fingerprint density at radius 3 is 2.68 bits per heavy atom.